The minimum absolute atomic E-state index is 0.264. The lowest BCUT2D eigenvalue weighted by Crippen LogP contribution is -2.08. The Bertz CT molecular complexity index is 492. The number of pyridine rings is 1. The van der Waals surface area contributed by atoms with Crippen molar-refractivity contribution in [3.63, 3.8) is 0 Å². The van der Waals surface area contributed by atoms with Crippen LogP contribution in [0.1, 0.15) is 33.4 Å². The summed E-state index contributed by atoms with van der Waals surface area (Å²) in [5, 5.41) is 4.10. The van der Waals surface area contributed by atoms with E-state index in [1.165, 1.54) is 23.0 Å². The molecule has 20 heavy (non-hydrogen) atoms. The smallest absolute Gasteiger partial charge is 0.250 e. The van der Waals surface area contributed by atoms with Gasteiger partial charge in [0.15, 0.2) is 5.15 Å². The van der Waals surface area contributed by atoms with Crippen LogP contribution in [-0.4, -0.2) is 14.8 Å². The molecule has 0 radical (unpaired) electrons. The van der Waals surface area contributed by atoms with E-state index >= 15 is 0 Å². The predicted octanol–water partition coefficient (Wildman–Crippen LogP) is 4.99. The van der Waals surface area contributed by atoms with Crippen LogP contribution in [0.5, 0.6) is 0 Å². The molecule has 0 N–H and O–H groups in total. The van der Waals surface area contributed by atoms with Crippen molar-refractivity contribution in [2.24, 2.45) is 0 Å². The maximum Gasteiger partial charge on any atom is 0.433 e. The highest BCUT2D eigenvalue weighted by Gasteiger charge is 2.32. The van der Waals surface area contributed by atoms with Crippen molar-refractivity contribution in [1.29, 1.82) is 0 Å². The molecule has 0 atom stereocenters. The number of hydrogen-bond acceptors (Lipinski definition) is 2. The Morgan fingerprint density at radius 1 is 1.05 bits per heavy atom. The van der Waals surface area contributed by atoms with Crippen LogP contribution in [0.3, 0.4) is 0 Å². The predicted molar refractivity (Wildman–Crippen MR) is 74.1 cm³/mol. The molecule has 0 aliphatic rings. The summed E-state index contributed by atoms with van der Waals surface area (Å²) in [5.41, 5.74) is -0.519. The molecule has 0 amide bonds. The fraction of sp³-hybridized carbons (Fsp3) is 0.385. The van der Waals surface area contributed by atoms with Gasteiger partial charge in [-0.05, 0) is 18.2 Å². The molecule has 2 aromatic rings. The Morgan fingerprint density at radius 3 is 2.00 bits per heavy atom. The van der Waals surface area contributed by atoms with Gasteiger partial charge in [0.05, 0.1) is 11.9 Å². The molecule has 2 heterocycles. The second-order valence-corrected chi connectivity index (χ2v) is 3.37. The first-order valence-electron chi connectivity index (χ1n) is 6.21. The van der Waals surface area contributed by atoms with E-state index in [4.69, 9.17) is 11.6 Å². The van der Waals surface area contributed by atoms with E-state index < -0.39 is 11.9 Å². The molecular weight excluding hydrogens is 291 g/mol. The highest BCUT2D eigenvalue weighted by molar-refractivity contribution is 6.29. The average Bonchev–Trinajstić information content (AvgIpc) is 2.89. The molecule has 0 aliphatic heterocycles. The van der Waals surface area contributed by atoms with Crippen LogP contribution in [0.25, 0.3) is 5.69 Å². The van der Waals surface area contributed by atoms with Gasteiger partial charge >= 0.3 is 6.18 Å². The van der Waals surface area contributed by atoms with Crippen molar-refractivity contribution in [3.05, 3.63) is 41.4 Å². The summed E-state index contributed by atoms with van der Waals surface area (Å²) in [6.45, 7) is 8.00. The third-order valence-electron chi connectivity index (χ3n) is 1.86. The molecule has 0 bridgehead atoms. The van der Waals surface area contributed by atoms with E-state index in [1.54, 1.807) is 0 Å². The molecule has 2 rings (SSSR count). The Kier molecular flexibility index (Phi) is 7.91. The summed E-state index contributed by atoms with van der Waals surface area (Å²) in [5.74, 6) is 0. The van der Waals surface area contributed by atoms with Gasteiger partial charge < -0.3 is 0 Å². The number of aromatic nitrogens is 3. The molecule has 2 aromatic heterocycles. The van der Waals surface area contributed by atoms with Crippen LogP contribution in [0, 0.1) is 0 Å². The lowest BCUT2D eigenvalue weighted by molar-refractivity contribution is -0.141. The van der Waals surface area contributed by atoms with Crippen molar-refractivity contribution < 1.29 is 13.2 Å². The Labute approximate surface area is 121 Å². The number of rotatable bonds is 1. The average molecular weight is 308 g/mol. The van der Waals surface area contributed by atoms with Crippen molar-refractivity contribution in [1.82, 2.24) is 14.8 Å². The van der Waals surface area contributed by atoms with Crippen LogP contribution in [-0.2, 0) is 6.18 Å². The fourth-order valence-corrected chi connectivity index (χ4v) is 1.27. The third kappa shape index (κ3) is 5.21. The summed E-state index contributed by atoms with van der Waals surface area (Å²) in [6, 6.07) is 3.70. The first-order chi connectivity index (χ1) is 9.47. The highest BCUT2D eigenvalue weighted by atomic mass is 35.5. The van der Waals surface area contributed by atoms with E-state index in [0.717, 1.165) is 12.3 Å². The van der Waals surface area contributed by atoms with Gasteiger partial charge in [-0.3, -0.25) is 0 Å². The molecule has 3 nitrogen and oxygen atoms in total. The van der Waals surface area contributed by atoms with Gasteiger partial charge in [0.2, 0.25) is 0 Å². The minimum atomic E-state index is -4.43. The van der Waals surface area contributed by atoms with Gasteiger partial charge in [-0.25, -0.2) is 9.67 Å². The summed E-state index contributed by atoms with van der Waals surface area (Å²) < 4.78 is 38.0. The molecule has 0 saturated heterocycles. The monoisotopic (exact) mass is 307 g/mol. The largest absolute Gasteiger partial charge is 0.433 e. The lowest BCUT2D eigenvalue weighted by Gasteiger charge is -2.06. The van der Waals surface area contributed by atoms with Gasteiger partial charge in [-0.15, -0.1) is 0 Å². The van der Waals surface area contributed by atoms with Gasteiger partial charge in [-0.1, -0.05) is 39.3 Å². The molecule has 0 fully saturated rings. The second kappa shape index (κ2) is 8.58. The summed E-state index contributed by atoms with van der Waals surface area (Å²) in [7, 11) is 0. The van der Waals surface area contributed by atoms with Crippen LogP contribution >= 0.6 is 11.6 Å². The minimum Gasteiger partial charge on any atom is -0.250 e. The fourth-order valence-electron chi connectivity index (χ4n) is 1.13. The lowest BCUT2D eigenvalue weighted by atomic mass is 10.3. The summed E-state index contributed by atoms with van der Waals surface area (Å²) >= 11 is 5.58. The molecular formula is C13H17ClF3N3. The number of hydrogen-bond donors (Lipinski definition) is 0. The Morgan fingerprint density at radius 2 is 1.65 bits per heavy atom. The maximum atomic E-state index is 12.2. The maximum absolute atomic E-state index is 12.2. The number of halogens is 4. The van der Waals surface area contributed by atoms with Crippen LogP contribution < -0.4 is 0 Å². The van der Waals surface area contributed by atoms with Gasteiger partial charge in [-0.2, -0.15) is 18.3 Å². The van der Waals surface area contributed by atoms with Crippen molar-refractivity contribution in [2.75, 3.05) is 0 Å². The van der Waals surface area contributed by atoms with E-state index in [9.17, 15) is 13.2 Å². The van der Waals surface area contributed by atoms with Crippen LogP contribution in [0.15, 0.2) is 30.6 Å². The molecule has 0 aliphatic carbocycles. The second-order valence-electron chi connectivity index (χ2n) is 2.98. The quantitative estimate of drug-likeness (QED) is 0.743. The zero-order chi connectivity index (χ0) is 15.8. The van der Waals surface area contributed by atoms with Crippen LogP contribution in [0.2, 0.25) is 5.15 Å². The van der Waals surface area contributed by atoms with Gasteiger partial charge in [0, 0.05) is 6.20 Å². The number of nitrogens with zero attached hydrogens (tertiary/aromatic N) is 3. The van der Waals surface area contributed by atoms with E-state index in [0.29, 0.717) is 5.69 Å². The molecule has 0 aromatic carbocycles. The van der Waals surface area contributed by atoms with E-state index in [2.05, 4.69) is 10.1 Å². The Hall–Kier alpha value is -1.56. The topological polar surface area (TPSA) is 30.7 Å². The first kappa shape index (κ1) is 18.4. The molecule has 0 unspecified atom stereocenters. The molecule has 112 valence electrons. The van der Waals surface area contributed by atoms with Crippen LogP contribution in [0.4, 0.5) is 13.2 Å². The highest BCUT2D eigenvalue weighted by Crippen LogP contribution is 2.27. The molecule has 7 heteroatoms. The molecule has 0 saturated carbocycles. The zero-order valence-electron chi connectivity index (χ0n) is 11.7. The van der Waals surface area contributed by atoms with Gasteiger partial charge in [0.25, 0.3) is 0 Å². The zero-order valence-corrected chi connectivity index (χ0v) is 12.5. The summed E-state index contributed by atoms with van der Waals surface area (Å²) in [4.78, 5) is 3.31. The van der Waals surface area contributed by atoms with Gasteiger partial charge in [0.1, 0.15) is 5.69 Å². The normalized spacial score (nSPS) is 10.0. The number of alkyl halides is 3. The third-order valence-corrected chi connectivity index (χ3v) is 2.06. The molecule has 0 spiro atoms. The Balaban J connectivity index is 0.000000829. The van der Waals surface area contributed by atoms with E-state index in [1.807, 2.05) is 27.7 Å². The van der Waals surface area contributed by atoms with Crippen molar-refractivity contribution in [3.8, 4) is 5.69 Å². The first-order valence-corrected chi connectivity index (χ1v) is 6.59. The van der Waals surface area contributed by atoms with E-state index in [-0.39, 0.29) is 5.15 Å². The SMILES string of the molecule is CC.CC.FC(F)(F)c1ccc(-n2ccc(Cl)n2)cn1. The summed E-state index contributed by atoms with van der Waals surface area (Å²) in [6.07, 6.45) is -1.81. The van der Waals surface area contributed by atoms with Crippen molar-refractivity contribution >= 4 is 11.6 Å². The standard InChI is InChI=1S/C9H5ClF3N3.2C2H6/c10-8-3-4-16(15-8)6-1-2-7(14-5-6)9(11,12)13;2*1-2/h1-5H;2*1-2H3. The van der Waals surface area contributed by atoms with Crippen molar-refractivity contribution in [2.45, 2.75) is 33.9 Å².